The molecule has 1 N–H and O–H groups in total. The van der Waals surface area contributed by atoms with Crippen molar-refractivity contribution in [1.82, 2.24) is 9.55 Å². The van der Waals surface area contributed by atoms with Gasteiger partial charge in [-0.05, 0) is 74.5 Å². The van der Waals surface area contributed by atoms with Gasteiger partial charge in [-0.2, -0.15) is 0 Å². The van der Waals surface area contributed by atoms with E-state index in [-0.39, 0.29) is 17.2 Å². The molecule has 1 amide bonds. The van der Waals surface area contributed by atoms with Crippen LogP contribution in [0.25, 0.3) is 16.6 Å². The lowest BCUT2D eigenvalue weighted by Gasteiger charge is -2.12. The molecule has 0 bridgehead atoms. The number of rotatable bonds is 5. The summed E-state index contributed by atoms with van der Waals surface area (Å²) in [5, 5.41) is 4.06. The van der Waals surface area contributed by atoms with Crippen molar-refractivity contribution in [1.29, 1.82) is 0 Å². The highest BCUT2D eigenvalue weighted by Gasteiger charge is 2.11. The van der Waals surface area contributed by atoms with E-state index in [1.807, 2.05) is 56.3 Å². The molecular formula is C24H20ClN3O2S. The highest BCUT2D eigenvalue weighted by molar-refractivity contribution is 8.00. The van der Waals surface area contributed by atoms with Crippen molar-refractivity contribution in [3.05, 3.63) is 93.5 Å². The average Bonchev–Trinajstić information content (AvgIpc) is 2.75. The molecule has 0 aliphatic heterocycles. The molecule has 0 aliphatic carbocycles. The number of amides is 1. The summed E-state index contributed by atoms with van der Waals surface area (Å²) in [6.07, 6.45) is 0. The summed E-state index contributed by atoms with van der Waals surface area (Å²) >= 11 is 7.29. The Morgan fingerprint density at radius 3 is 2.45 bits per heavy atom. The molecule has 3 aromatic carbocycles. The van der Waals surface area contributed by atoms with Crippen LogP contribution in [0.1, 0.15) is 11.4 Å². The van der Waals surface area contributed by atoms with E-state index in [1.165, 1.54) is 11.8 Å². The van der Waals surface area contributed by atoms with E-state index in [9.17, 15) is 9.59 Å². The van der Waals surface area contributed by atoms with Crippen LogP contribution in [-0.4, -0.2) is 21.2 Å². The van der Waals surface area contributed by atoms with Crippen LogP contribution >= 0.6 is 23.4 Å². The second-order valence-electron chi connectivity index (χ2n) is 7.16. The Morgan fingerprint density at radius 1 is 1.03 bits per heavy atom. The van der Waals surface area contributed by atoms with Gasteiger partial charge in [0.2, 0.25) is 5.91 Å². The third-order valence-electron chi connectivity index (χ3n) is 4.78. The van der Waals surface area contributed by atoms with Crippen LogP contribution in [0.15, 0.2) is 76.4 Å². The summed E-state index contributed by atoms with van der Waals surface area (Å²) in [5.41, 5.74) is 3.08. The smallest absolute Gasteiger partial charge is 0.265 e. The molecule has 0 unspecified atom stereocenters. The van der Waals surface area contributed by atoms with Gasteiger partial charge in [-0.1, -0.05) is 23.2 Å². The number of benzene rings is 3. The molecule has 4 aromatic rings. The first-order valence-corrected chi connectivity index (χ1v) is 11.1. The molecule has 31 heavy (non-hydrogen) atoms. The van der Waals surface area contributed by atoms with Crippen LogP contribution < -0.4 is 10.9 Å². The van der Waals surface area contributed by atoms with Gasteiger partial charge in [-0.3, -0.25) is 14.2 Å². The number of anilines is 1. The Balaban J connectivity index is 1.49. The highest BCUT2D eigenvalue weighted by Crippen LogP contribution is 2.21. The van der Waals surface area contributed by atoms with E-state index in [0.29, 0.717) is 27.4 Å². The molecule has 0 atom stereocenters. The van der Waals surface area contributed by atoms with E-state index in [0.717, 1.165) is 16.1 Å². The summed E-state index contributed by atoms with van der Waals surface area (Å²) < 4.78 is 1.61. The van der Waals surface area contributed by atoms with Crippen LogP contribution in [0.3, 0.4) is 0 Å². The number of hydrogen-bond donors (Lipinski definition) is 1. The van der Waals surface area contributed by atoms with Crippen LogP contribution in [-0.2, 0) is 4.79 Å². The molecule has 0 aliphatic rings. The van der Waals surface area contributed by atoms with E-state index in [4.69, 9.17) is 11.6 Å². The van der Waals surface area contributed by atoms with Crippen LogP contribution in [0, 0.1) is 13.8 Å². The SMILES string of the molecule is Cc1ccc2nc(C)n(-c3ccc(SCC(=O)Nc4ccc(Cl)cc4)cc3)c(=O)c2c1. The number of nitrogens with zero attached hydrogens (tertiary/aromatic N) is 2. The van der Waals surface area contributed by atoms with Crippen molar-refractivity contribution in [2.45, 2.75) is 18.7 Å². The minimum Gasteiger partial charge on any atom is -0.325 e. The quantitative estimate of drug-likeness (QED) is 0.415. The third-order valence-corrected chi connectivity index (χ3v) is 6.05. The fourth-order valence-corrected chi connectivity index (χ4v) is 4.11. The van der Waals surface area contributed by atoms with Crippen molar-refractivity contribution in [3.63, 3.8) is 0 Å². The van der Waals surface area contributed by atoms with Crippen LogP contribution in [0.4, 0.5) is 5.69 Å². The van der Waals surface area contributed by atoms with E-state index < -0.39 is 0 Å². The first kappa shape index (κ1) is 21.2. The van der Waals surface area contributed by atoms with Gasteiger partial charge < -0.3 is 5.32 Å². The molecule has 0 fully saturated rings. The number of fused-ring (bicyclic) bond motifs is 1. The Hall–Kier alpha value is -3.09. The Labute approximate surface area is 189 Å². The lowest BCUT2D eigenvalue weighted by atomic mass is 10.1. The maximum atomic E-state index is 13.1. The van der Waals surface area contributed by atoms with Gasteiger partial charge in [0.15, 0.2) is 0 Å². The Bertz CT molecular complexity index is 1320. The molecule has 156 valence electrons. The molecular weight excluding hydrogens is 430 g/mol. The van der Waals surface area contributed by atoms with Crippen molar-refractivity contribution < 1.29 is 4.79 Å². The van der Waals surface area contributed by atoms with Crippen molar-refractivity contribution >= 4 is 45.9 Å². The van der Waals surface area contributed by atoms with Gasteiger partial charge in [-0.15, -0.1) is 11.8 Å². The summed E-state index contributed by atoms with van der Waals surface area (Å²) in [5.74, 6) is 0.805. The summed E-state index contributed by atoms with van der Waals surface area (Å²) in [7, 11) is 0. The number of aryl methyl sites for hydroxylation is 2. The minimum atomic E-state index is -0.0995. The summed E-state index contributed by atoms with van der Waals surface area (Å²) in [6, 6.07) is 20.2. The normalized spacial score (nSPS) is 10.9. The standard InChI is InChI=1S/C24H20ClN3O2S/c1-15-3-12-22-21(13-15)24(30)28(16(2)26-22)19-8-10-20(11-9-19)31-14-23(29)27-18-6-4-17(25)5-7-18/h3-13H,14H2,1-2H3,(H,27,29). The lowest BCUT2D eigenvalue weighted by Crippen LogP contribution is -2.22. The molecule has 0 saturated carbocycles. The molecule has 5 nitrogen and oxygen atoms in total. The number of thioether (sulfide) groups is 1. The van der Waals surface area contributed by atoms with Crippen molar-refractivity contribution in [2.24, 2.45) is 0 Å². The van der Waals surface area contributed by atoms with Gasteiger partial charge in [0.25, 0.3) is 5.56 Å². The summed E-state index contributed by atoms with van der Waals surface area (Å²) in [4.78, 5) is 30.7. The molecule has 1 aromatic heterocycles. The molecule has 1 heterocycles. The van der Waals surface area contributed by atoms with Gasteiger partial charge >= 0.3 is 0 Å². The minimum absolute atomic E-state index is 0.0889. The predicted octanol–water partition coefficient (Wildman–Crippen LogP) is 5.39. The van der Waals surface area contributed by atoms with Crippen LogP contribution in [0.5, 0.6) is 0 Å². The lowest BCUT2D eigenvalue weighted by molar-refractivity contribution is -0.113. The maximum absolute atomic E-state index is 13.1. The van der Waals surface area contributed by atoms with Gasteiger partial charge in [0.05, 0.1) is 22.3 Å². The zero-order valence-electron chi connectivity index (χ0n) is 17.1. The largest absolute Gasteiger partial charge is 0.325 e. The monoisotopic (exact) mass is 449 g/mol. The van der Waals surface area contributed by atoms with E-state index in [2.05, 4.69) is 10.3 Å². The zero-order chi connectivity index (χ0) is 22.0. The van der Waals surface area contributed by atoms with Crippen molar-refractivity contribution in [2.75, 3.05) is 11.1 Å². The fourth-order valence-electron chi connectivity index (χ4n) is 3.29. The number of aromatic nitrogens is 2. The molecule has 0 saturated heterocycles. The Kier molecular flexibility index (Phi) is 6.11. The molecule has 0 radical (unpaired) electrons. The van der Waals surface area contributed by atoms with Crippen molar-refractivity contribution in [3.8, 4) is 5.69 Å². The number of carbonyl (C=O) groups is 1. The topological polar surface area (TPSA) is 64.0 Å². The third kappa shape index (κ3) is 4.81. The number of carbonyl (C=O) groups excluding carboxylic acids is 1. The second kappa shape index (κ2) is 8.96. The average molecular weight is 450 g/mol. The fraction of sp³-hybridized carbons (Fsp3) is 0.125. The predicted molar refractivity (Wildman–Crippen MR) is 128 cm³/mol. The van der Waals surface area contributed by atoms with E-state index in [1.54, 1.807) is 28.8 Å². The summed E-state index contributed by atoms with van der Waals surface area (Å²) in [6.45, 7) is 3.78. The number of hydrogen-bond acceptors (Lipinski definition) is 4. The second-order valence-corrected chi connectivity index (χ2v) is 8.64. The van der Waals surface area contributed by atoms with Gasteiger partial charge in [0.1, 0.15) is 5.82 Å². The number of halogens is 1. The maximum Gasteiger partial charge on any atom is 0.265 e. The first-order valence-electron chi connectivity index (χ1n) is 9.69. The van der Waals surface area contributed by atoms with Crippen LogP contribution in [0.2, 0.25) is 5.02 Å². The molecule has 4 rings (SSSR count). The zero-order valence-corrected chi connectivity index (χ0v) is 18.6. The highest BCUT2D eigenvalue weighted by atomic mass is 35.5. The molecule has 0 spiro atoms. The first-order chi connectivity index (χ1) is 14.9. The van der Waals surface area contributed by atoms with E-state index >= 15 is 0 Å². The number of nitrogens with one attached hydrogen (secondary N) is 1. The van der Waals surface area contributed by atoms with Gasteiger partial charge in [0, 0.05) is 15.6 Å². The van der Waals surface area contributed by atoms with Gasteiger partial charge in [-0.25, -0.2) is 4.98 Å². The molecule has 7 heteroatoms. The Morgan fingerprint density at radius 2 is 1.74 bits per heavy atom.